The number of rotatable bonds is 5. The van der Waals surface area contributed by atoms with Crippen molar-refractivity contribution >= 4 is 40.1 Å². The van der Waals surface area contributed by atoms with E-state index in [0.29, 0.717) is 10.8 Å². The quantitative estimate of drug-likeness (QED) is 0.791. The van der Waals surface area contributed by atoms with Crippen LogP contribution in [-0.2, 0) is 10.0 Å². The molecule has 0 aliphatic heterocycles. The molecule has 7 heteroatoms. The van der Waals surface area contributed by atoms with Crippen molar-refractivity contribution in [3.05, 3.63) is 54.1 Å². The zero-order chi connectivity index (χ0) is 17.0. The van der Waals surface area contributed by atoms with E-state index in [-0.39, 0.29) is 12.4 Å². The van der Waals surface area contributed by atoms with Crippen molar-refractivity contribution in [2.45, 2.75) is 24.0 Å². The van der Waals surface area contributed by atoms with E-state index in [1.807, 2.05) is 41.1 Å². The molecule has 0 atom stereocenters. The lowest BCUT2D eigenvalue weighted by molar-refractivity contribution is 0.0981. The maximum atomic E-state index is 12.0. The summed E-state index contributed by atoms with van der Waals surface area (Å²) in [7, 11) is -3.58. The lowest BCUT2D eigenvalue weighted by Crippen LogP contribution is -2.29. The minimum atomic E-state index is -3.58. The van der Waals surface area contributed by atoms with Gasteiger partial charge in [-0.15, -0.1) is 24.2 Å². The third-order valence-electron chi connectivity index (χ3n) is 2.97. The van der Waals surface area contributed by atoms with E-state index in [9.17, 15) is 13.2 Å². The Morgan fingerprint density at radius 2 is 1.71 bits per heavy atom. The smallest absolute Gasteiger partial charge is 0.264 e. The van der Waals surface area contributed by atoms with Gasteiger partial charge in [-0.05, 0) is 23.3 Å². The van der Waals surface area contributed by atoms with Gasteiger partial charge < -0.3 is 0 Å². The second kappa shape index (κ2) is 8.55. The Hall–Kier alpha value is -1.50. The summed E-state index contributed by atoms with van der Waals surface area (Å²) in [6.45, 7) is 4.14. The van der Waals surface area contributed by atoms with Gasteiger partial charge in [0.1, 0.15) is 0 Å². The fraction of sp³-hybridized carbons (Fsp3) is 0.235. The molecule has 0 aromatic heterocycles. The predicted octanol–water partition coefficient (Wildman–Crippen LogP) is 3.97. The summed E-state index contributed by atoms with van der Waals surface area (Å²) < 4.78 is 24.5. The lowest BCUT2D eigenvalue weighted by atomic mass is 10.0. The number of nitrogens with one attached hydrogen (secondary N) is 1. The van der Waals surface area contributed by atoms with Crippen molar-refractivity contribution in [1.82, 2.24) is 4.72 Å². The standard InChI is InChI=1S/C17H19NO3S2.ClH/c1-12(2)22-16-11-14(17(19)18-23(3,20)21)9-10-15(16)13-7-5-4-6-8-13;/h4-12H,1-3H3,(H,18,19);1H. The van der Waals surface area contributed by atoms with E-state index in [1.54, 1.807) is 23.9 Å². The first-order valence-corrected chi connectivity index (χ1v) is 9.91. The van der Waals surface area contributed by atoms with Crippen LogP contribution in [0.25, 0.3) is 11.1 Å². The van der Waals surface area contributed by atoms with Gasteiger partial charge in [0.15, 0.2) is 0 Å². The second-order valence-corrected chi connectivity index (χ2v) is 8.81. The highest BCUT2D eigenvalue weighted by molar-refractivity contribution is 8.00. The van der Waals surface area contributed by atoms with E-state index < -0.39 is 15.9 Å². The monoisotopic (exact) mass is 385 g/mol. The first-order valence-electron chi connectivity index (χ1n) is 7.14. The molecule has 0 bridgehead atoms. The zero-order valence-electron chi connectivity index (χ0n) is 13.6. The van der Waals surface area contributed by atoms with E-state index in [4.69, 9.17) is 0 Å². The van der Waals surface area contributed by atoms with Gasteiger partial charge in [-0.25, -0.2) is 13.1 Å². The van der Waals surface area contributed by atoms with E-state index >= 15 is 0 Å². The normalized spacial score (nSPS) is 11.0. The first-order chi connectivity index (χ1) is 10.8. The van der Waals surface area contributed by atoms with Crippen LogP contribution in [0.5, 0.6) is 0 Å². The predicted molar refractivity (Wildman–Crippen MR) is 102 cm³/mol. The molecule has 1 N–H and O–H groups in total. The van der Waals surface area contributed by atoms with Gasteiger partial charge >= 0.3 is 0 Å². The lowest BCUT2D eigenvalue weighted by Gasteiger charge is -2.13. The molecular weight excluding hydrogens is 366 g/mol. The number of benzene rings is 2. The Balaban J connectivity index is 0.00000288. The molecule has 2 aromatic rings. The van der Waals surface area contributed by atoms with Crippen molar-refractivity contribution in [3.63, 3.8) is 0 Å². The summed E-state index contributed by atoms with van der Waals surface area (Å²) in [4.78, 5) is 13.0. The summed E-state index contributed by atoms with van der Waals surface area (Å²) >= 11 is 1.64. The summed E-state index contributed by atoms with van der Waals surface area (Å²) in [6.07, 6.45) is 0.965. The molecule has 24 heavy (non-hydrogen) atoms. The SMILES string of the molecule is CC(C)Sc1cc(C(=O)NS(C)(=O)=O)ccc1-c1ccccc1.Cl. The first kappa shape index (κ1) is 20.5. The molecular formula is C17H20ClNO3S2. The molecule has 130 valence electrons. The van der Waals surface area contributed by atoms with E-state index in [0.717, 1.165) is 22.3 Å². The van der Waals surface area contributed by atoms with Gasteiger partial charge in [0.05, 0.1) is 6.26 Å². The highest BCUT2D eigenvalue weighted by atomic mass is 35.5. The number of sulfonamides is 1. The van der Waals surface area contributed by atoms with Crippen molar-refractivity contribution < 1.29 is 13.2 Å². The number of hydrogen-bond donors (Lipinski definition) is 1. The molecule has 1 amide bonds. The molecule has 2 rings (SSSR count). The number of amides is 1. The Kier molecular flexibility index (Phi) is 7.32. The van der Waals surface area contributed by atoms with Gasteiger partial charge in [0, 0.05) is 15.7 Å². The van der Waals surface area contributed by atoms with Crippen LogP contribution < -0.4 is 4.72 Å². The Bertz CT molecular complexity index is 806. The van der Waals surface area contributed by atoms with Gasteiger partial charge in [-0.1, -0.05) is 50.2 Å². The molecule has 0 aliphatic rings. The second-order valence-electron chi connectivity index (χ2n) is 5.45. The molecule has 0 saturated carbocycles. The fourth-order valence-electron chi connectivity index (χ4n) is 2.10. The van der Waals surface area contributed by atoms with Crippen molar-refractivity contribution in [3.8, 4) is 11.1 Å². The molecule has 0 radical (unpaired) electrons. The summed E-state index contributed by atoms with van der Waals surface area (Å²) in [6, 6.07) is 15.1. The van der Waals surface area contributed by atoms with Crippen LogP contribution >= 0.6 is 24.2 Å². The summed E-state index contributed by atoms with van der Waals surface area (Å²) in [5, 5.41) is 0.339. The fourth-order valence-corrected chi connectivity index (χ4v) is 3.57. The molecule has 2 aromatic carbocycles. The van der Waals surface area contributed by atoms with E-state index in [2.05, 4.69) is 13.8 Å². The third-order valence-corrected chi connectivity index (χ3v) is 4.59. The van der Waals surface area contributed by atoms with Gasteiger partial charge in [0.2, 0.25) is 10.0 Å². The molecule has 0 aliphatic carbocycles. The number of hydrogen-bond acceptors (Lipinski definition) is 4. The van der Waals surface area contributed by atoms with Crippen LogP contribution in [0.4, 0.5) is 0 Å². The molecule has 0 heterocycles. The summed E-state index contributed by atoms with van der Waals surface area (Å²) in [5.74, 6) is -0.613. The Morgan fingerprint density at radius 3 is 2.25 bits per heavy atom. The average Bonchev–Trinajstić information content (AvgIpc) is 2.45. The van der Waals surface area contributed by atoms with Crippen LogP contribution in [0, 0.1) is 0 Å². The number of halogens is 1. The van der Waals surface area contributed by atoms with Gasteiger partial charge in [-0.2, -0.15) is 0 Å². The van der Waals surface area contributed by atoms with Gasteiger partial charge in [-0.3, -0.25) is 4.79 Å². The topological polar surface area (TPSA) is 63.2 Å². The molecule has 0 unspecified atom stereocenters. The third kappa shape index (κ3) is 5.85. The van der Waals surface area contributed by atoms with Crippen LogP contribution in [0.15, 0.2) is 53.4 Å². The Labute approximate surface area is 153 Å². The highest BCUT2D eigenvalue weighted by Crippen LogP contribution is 2.34. The van der Waals surface area contributed by atoms with Crippen LogP contribution in [0.2, 0.25) is 0 Å². The summed E-state index contributed by atoms with van der Waals surface area (Å²) in [5.41, 5.74) is 2.42. The van der Waals surface area contributed by atoms with E-state index in [1.165, 1.54) is 0 Å². The van der Waals surface area contributed by atoms with Crippen molar-refractivity contribution in [2.75, 3.05) is 6.26 Å². The highest BCUT2D eigenvalue weighted by Gasteiger charge is 2.15. The number of carbonyl (C=O) groups excluding carboxylic acids is 1. The molecule has 0 fully saturated rings. The van der Waals surface area contributed by atoms with Gasteiger partial charge in [0.25, 0.3) is 5.91 Å². The minimum absolute atomic E-state index is 0. The maximum Gasteiger partial charge on any atom is 0.264 e. The number of thioether (sulfide) groups is 1. The zero-order valence-corrected chi connectivity index (χ0v) is 16.1. The molecule has 0 saturated heterocycles. The van der Waals surface area contributed by atoms with Crippen LogP contribution in [0.3, 0.4) is 0 Å². The van der Waals surface area contributed by atoms with Crippen molar-refractivity contribution in [2.24, 2.45) is 0 Å². The number of carbonyl (C=O) groups is 1. The molecule has 4 nitrogen and oxygen atoms in total. The maximum absolute atomic E-state index is 12.0. The van der Waals surface area contributed by atoms with Crippen LogP contribution in [-0.4, -0.2) is 25.8 Å². The van der Waals surface area contributed by atoms with Crippen LogP contribution in [0.1, 0.15) is 24.2 Å². The molecule has 0 spiro atoms. The van der Waals surface area contributed by atoms with Crippen molar-refractivity contribution in [1.29, 1.82) is 0 Å². The Morgan fingerprint density at radius 1 is 1.08 bits per heavy atom. The minimum Gasteiger partial charge on any atom is -0.268 e. The largest absolute Gasteiger partial charge is 0.268 e. The average molecular weight is 386 g/mol.